The number of hydrogen-bond donors (Lipinski definition) is 2. The molecule has 0 radical (unpaired) electrons. The lowest BCUT2D eigenvalue weighted by Crippen LogP contribution is -2.36. The van der Waals surface area contributed by atoms with E-state index in [1.165, 1.54) is 23.1 Å². The van der Waals surface area contributed by atoms with Gasteiger partial charge >= 0.3 is 0 Å². The summed E-state index contributed by atoms with van der Waals surface area (Å²) in [5.41, 5.74) is 7.47. The van der Waals surface area contributed by atoms with Crippen molar-refractivity contribution in [3.8, 4) is 0 Å². The molecule has 3 rings (SSSR count). The van der Waals surface area contributed by atoms with Gasteiger partial charge in [0.05, 0.1) is 18.5 Å². The summed E-state index contributed by atoms with van der Waals surface area (Å²) >= 11 is 2.63. The number of nitrogens with one attached hydrogen (secondary N) is 1. The van der Waals surface area contributed by atoms with Crippen LogP contribution in [0.5, 0.6) is 0 Å². The fourth-order valence-corrected chi connectivity index (χ4v) is 4.07. The van der Waals surface area contributed by atoms with Crippen molar-refractivity contribution in [1.82, 2.24) is 10.2 Å². The zero-order chi connectivity index (χ0) is 16.9. The van der Waals surface area contributed by atoms with Gasteiger partial charge in [-0.25, -0.2) is 0 Å². The SMILES string of the molecule is C[C@H](Sc1nnc(N)s1)C(=O)Nc1ccc(N2CCOCC2)cc1. The van der Waals surface area contributed by atoms with E-state index in [0.29, 0.717) is 9.47 Å². The van der Waals surface area contributed by atoms with Crippen molar-refractivity contribution < 1.29 is 9.53 Å². The van der Waals surface area contributed by atoms with Crippen molar-refractivity contribution in [3.05, 3.63) is 24.3 Å². The third kappa shape index (κ3) is 4.37. The summed E-state index contributed by atoms with van der Waals surface area (Å²) in [6, 6.07) is 7.88. The standard InChI is InChI=1S/C15H19N5O2S2/c1-10(23-15-19-18-14(16)24-15)13(21)17-11-2-4-12(5-3-11)20-6-8-22-9-7-20/h2-5,10H,6-9H2,1H3,(H2,16,18)(H,17,21)/t10-/m0/s1. The molecular formula is C15H19N5O2S2. The Bertz CT molecular complexity index is 685. The number of ether oxygens (including phenoxy) is 1. The van der Waals surface area contributed by atoms with Crippen LogP contribution in [0.4, 0.5) is 16.5 Å². The second-order valence-corrected chi connectivity index (χ2v) is 7.90. The van der Waals surface area contributed by atoms with Gasteiger partial charge in [0.25, 0.3) is 0 Å². The van der Waals surface area contributed by atoms with Crippen LogP contribution in [0.3, 0.4) is 0 Å². The van der Waals surface area contributed by atoms with E-state index in [0.717, 1.165) is 37.7 Å². The van der Waals surface area contributed by atoms with Crippen LogP contribution in [0, 0.1) is 0 Å². The van der Waals surface area contributed by atoms with E-state index in [1.54, 1.807) is 0 Å². The molecule has 1 saturated heterocycles. The Morgan fingerprint density at radius 2 is 2.04 bits per heavy atom. The number of benzene rings is 1. The van der Waals surface area contributed by atoms with Crippen molar-refractivity contribution >= 4 is 45.5 Å². The third-order valence-electron chi connectivity index (χ3n) is 3.58. The summed E-state index contributed by atoms with van der Waals surface area (Å²) < 4.78 is 6.05. The normalized spacial score (nSPS) is 16.0. The first-order chi connectivity index (χ1) is 11.6. The summed E-state index contributed by atoms with van der Waals surface area (Å²) in [5.74, 6) is -0.0760. The Morgan fingerprint density at radius 3 is 2.67 bits per heavy atom. The molecule has 2 aromatic rings. The lowest BCUT2D eigenvalue weighted by atomic mass is 10.2. The van der Waals surface area contributed by atoms with Gasteiger partial charge in [-0.3, -0.25) is 4.79 Å². The maximum absolute atomic E-state index is 12.3. The number of nitrogen functional groups attached to an aromatic ring is 1. The zero-order valence-electron chi connectivity index (χ0n) is 13.3. The Hall–Kier alpha value is -1.84. The van der Waals surface area contributed by atoms with E-state index < -0.39 is 0 Å². The number of carbonyl (C=O) groups is 1. The molecule has 1 amide bonds. The van der Waals surface area contributed by atoms with E-state index in [-0.39, 0.29) is 11.2 Å². The minimum absolute atomic E-state index is 0.0760. The van der Waals surface area contributed by atoms with Gasteiger partial charge in [0, 0.05) is 24.5 Å². The highest BCUT2D eigenvalue weighted by atomic mass is 32.2. The van der Waals surface area contributed by atoms with Crippen LogP contribution in [-0.4, -0.2) is 47.7 Å². The average Bonchev–Trinajstić information content (AvgIpc) is 3.01. The predicted octanol–water partition coefficient (Wildman–Crippen LogP) is 2.08. The molecule has 1 aromatic carbocycles. The number of thioether (sulfide) groups is 1. The first-order valence-electron chi connectivity index (χ1n) is 7.61. The molecule has 7 nitrogen and oxygen atoms in total. The molecular weight excluding hydrogens is 346 g/mol. The highest BCUT2D eigenvalue weighted by Crippen LogP contribution is 2.28. The summed E-state index contributed by atoms with van der Waals surface area (Å²) in [5, 5.41) is 10.7. The Balaban J connectivity index is 1.55. The number of rotatable bonds is 5. The quantitative estimate of drug-likeness (QED) is 0.784. The smallest absolute Gasteiger partial charge is 0.237 e. The molecule has 1 aliphatic rings. The number of anilines is 3. The summed E-state index contributed by atoms with van der Waals surface area (Å²) in [6.07, 6.45) is 0. The maximum atomic E-state index is 12.3. The molecule has 0 saturated carbocycles. The lowest BCUT2D eigenvalue weighted by molar-refractivity contribution is -0.115. The maximum Gasteiger partial charge on any atom is 0.237 e. The molecule has 0 unspecified atom stereocenters. The Labute approximate surface area is 148 Å². The highest BCUT2D eigenvalue weighted by Gasteiger charge is 2.17. The molecule has 9 heteroatoms. The van der Waals surface area contributed by atoms with Crippen molar-refractivity contribution in [2.24, 2.45) is 0 Å². The largest absolute Gasteiger partial charge is 0.378 e. The number of aromatic nitrogens is 2. The van der Waals surface area contributed by atoms with Crippen molar-refractivity contribution in [3.63, 3.8) is 0 Å². The van der Waals surface area contributed by atoms with Gasteiger partial charge in [-0.2, -0.15) is 0 Å². The minimum Gasteiger partial charge on any atom is -0.378 e. The molecule has 24 heavy (non-hydrogen) atoms. The van der Waals surface area contributed by atoms with E-state index in [1.807, 2.05) is 31.2 Å². The summed E-state index contributed by atoms with van der Waals surface area (Å²) in [7, 11) is 0. The number of carbonyl (C=O) groups excluding carboxylic acids is 1. The van der Waals surface area contributed by atoms with Crippen LogP contribution in [0.15, 0.2) is 28.6 Å². The second-order valence-electron chi connectivity index (χ2n) is 5.30. The first-order valence-corrected chi connectivity index (χ1v) is 9.31. The van der Waals surface area contributed by atoms with Crippen molar-refractivity contribution in [2.45, 2.75) is 16.5 Å². The van der Waals surface area contributed by atoms with Crippen LogP contribution < -0.4 is 16.0 Å². The van der Waals surface area contributed by atoms with Crippen molar-refractivity contribution in [1.29, 1.82) is 0 Å². The molecule has 3 N–H and O–H groups in total. The first kappa shape index (κ1) is 17.0. The van der Waals surface area contributed by atoms with Crippen molar-refractivity contribution in [2.75, 3.05) is 42.3 Å². The number of amides is 1. The molecule has 0 aliphatic carbocycles. The minimum atomic E-state index is -0.281. The van der Waals surface area contributed by atoms with Gasteiger partial charge in [-0.15, -0.1) is 10.2 Å². The van der Waals surface area contributed by atoms with E-state index >= 15 is 0 Å². The molecule has 2 heterocycles. The van der Waals surface area contributed by atoms with E-state index in [4.69, 9.17) is 10.5 Å². The predicted molar refractivity (Wildman–Crippen MR) is 97.7 cm³/mol. The van der Waals surface area contributed by atoms with Gasteiger partial charge in [-0.05, 0) is 31.2 Å². The molecule has 0 spiro atoms. The van der Waals surface area contributed by atoms with Crippen LogP contribution in [0.1, 0.15) is 6.92 Å². The number of nitrogens with two attached hydrogens (primary N) is 1. The summed E-state index contributed by atoms with van der Waals surface area (Å²) in [6.45, 7) is 5.13. The number of hydrogen-bond acceptors (Lipinski definition) is 8. The highest BCUT2D eigenvalue weighted by molar-refractivity contribution is 8.02. The molecule has 1 atom stereocenters. The van der Waals surface area contributed by atoms with Gasteiger partial charge in [0.15, 0.2) is 4.34 Å². The molecule has 1 aromatic heterocycles. The monoisotopic (exact) mass is 365 g/mol. The van der Waals surface area contributed by atoms with Crippen LogP contribution in [0.2, 0.25) is 0 Å². The lowest BCUT2D eigenvalue weighted by Gasteiger charge is -2.28. The topological polar surface area (TPSA) is 93.4 Å². The molecule has 1 fully saturated rings. The van der Waals surface area contributed by atoms with E-state index in [9.17, 15) is 4.79 Å². The Morgan fingerprint density at radius 1 is 1.33 bits per heavy atom. The van der Waals surface area contributed by atoms with Gasteiger partial charge < -0.3 is 20.7 Å². The zero-order valence-corrected chi connectivity index (χ0v) is 14.9. The van der Waals surface area contributed by atoms with Crippen LogP contribution in [-0.2, 0) is 9.53 Å². The fraction of sp³-hybridized carbons (Fsp3) is 0.400. The van der Waals surface area contributed by atoms with Crippen LogP contribution in [0.25, 0.3) is 0 Å². The number of nitrogens with zero attached hydrogens (tertiary/aromatic N) is 3. The fourth-order valence-electron chi connectivity index (χ4n) is 2.29. The molecule has 0 bridgehead atoms. The van der Waals surface area contributed by atoms with Gasteiger partial charge in [0.2, 0.25) is 11.0 Å². The second kappa shape index (κ2) is 7.82. The van der Waals surface area contributed by atoms with Crippen LogP contribution >= 0.6 is 23.1 Å². The molecule has 128 valence electrons. The van der Waals surface area contributed by atoms with E-state index in [2.05, 4.69) is 20.4 Å². The third-order valence-corrected chi connectivity index (χ3v) is 5.52. The number of morpholine rings is 1. The average molecular weight is 365 g/mol. The summed E-state index contributed by atoms with van der Waals surface area (Å²) in [4.78, 5) is 14.5. The molecule has 1 aliphatic heterocycles. The Kier molecular flexibility index (Phi) is 5.54. The van der Waals surface area contributed by atoms with Gasteiger partial charge in [-0.1, -0.05) is 23.1 Å². The van der Waals surface area contributed by atoms with Gasteiger partial charge in [0.1, 0.15) is 0 Å².